The van der Waals surface area contributed by atoms with Gasteiger partial charge in [-0.3, -0.25) is 14.1 Å². The van der Waals surface area contributed by atoms with Crippen molar-refractivity contribution in [1.82, 2.24) is 15.0 Å². The number of anilines is 5. The van der Waals surface area contributed by atoms with Crippen molar-refractivity contribution in [2.45, 2.75) is 28.5 Å². The molecule has 6 N–H and O–H groups in total. The van der Waals surface area contributed by atoms with E-state index in [9.17, 15) is 48.5 Å². The van der Waals surface area contributed by atoms with Gasteiger partial charge in [-0.1, -0.05) is 38.1 Å². The molecule has 0 fully saturated rings. The van der Waals surface area contributed by atoms with E-state index in [0.717, 1.165) is 6.07 Å². The van der Waals surface area contributed by atoms with Gasteiger partial charge >= 0.3 is 48.4 Å². The zero-order valence-electron chi connectivity index (χ0n) is 27.6. The van der Waals surface area contributed by atoms with Gasteiger partial charge in [0, 0.05) is 29.9 Å². The van der Waals surface area contributed by atoms with Gasteiger partial charge in [0.05, 0.1) is 37.2 Å². The summed E-state index contributed by atoms with van der Waals surface area (Å²) in [6.07, 6.45) is 0. The molecule has 264 valence electrons. The third-order valence-corrected chi connectivity index (χ3v) is 10.1. The largest absolute Gasteiger partial charge is 1.00 e. The third kappa shape index (κ3) is 9.30. The van der Waals surface area contributed by atoms with Crippen LogP contribution in [0.1, 0.15) is 45.7 Å². The van der Waals surface area contributed by atoms with Crippen LogP contribution >= 0.6 is 11.6 Å². The van der Waals surface area contributed by atoms with Crippen LogP contribution in [0, 0.1) is 5.41 Å². The SMILES string of the molecule is CC(C)(CNc1nc(Cl)nc(Nc2cc(S(=O)(=O)O)ccc2S(=O)(=O)[O-])n1)CNc1cc(S(=O)(=O)[O-])c(N)c2c1C(=O)c1ccccc1C2=O.[Li+].[Na+]. The second-order valence-electron chi connectivity index (χ2n) is 11.6. The molecular formula is C28H24ClLiN7NaO11S3. The van der Waals surface area contributed by atoms with Crippen LogP contribution in [-0.2, 0) is 30.4 Å². The molecule has 0 bridgehead atoms. The Bertz CT molecular complexity index is 2460. The first-order valence-corrected chi connectivity index (χ1v) is 18.5. The van der Waals surface area contributed by atoms with E-state index in [1.807, 2.05) is 0 Å². The molecule has 0 radical (unpaired) electrons. The summed E-state index contributed by atoms with van der Waals surface area (Å²) in [6.45, 7) is 3.45. The number of nitrogens with two attached hydrogens (primary N) is 1. The van der Waals surface area contributed by atoms with Crippen molar-refractivity contribution in [1.29, 1.82) is 0 Å². The van der Waals surface area contributed by atoms with E-state index < -0.39 is 90.2 Å². The summed E-state index contributed by atoms with van der Waals surface area (Å²) in [5, 5.41) is 7.79. The summed E-state index contributed by atoms with van der Waals surface area (Å²) in [5.41, 5.74) is 3.24. The van der Waals surface area contributed by atoms with Crippen molar-refractivity contribution >= 4 is 82.5 Å². The summed E-state index contributed by atoms with van der Waals surface area (Å²) in [7, 11) is -15.1. The molecule has 0 amide bonds. The Hall–Kier alpha value is -3.17. The van der Waals surface area contributed by atoms with Crippen LogP contribution in [0.15, 0.2) is 63.2 Å². The van der Waals surface area contributed by atoms with Crippen molar-refractivity contribution in [2.75, 3.05) is 34.8 Å². The minimum Gasteiger partial charge on any atom is -0.744 e. The quantitative estimate of drug-likeness (QED) is 0.0487. The molecular weight excluding hydrogens is 772 g/mol. The zero-order chi connectivity index (χ0) is 37.0. The Labute approximate surface area is 336 Å². The normalized spacial score (nSPS) is 12.9. The van der Waals surface area contributed by atoms with Crippen LogP contribution in [0.2, 0.25) is 5.28 Å². The van der Waals surface area contributed by atoms with Crippen LogP contribution in [0.25, 0.3) is 0 Å². The van der Waals surface area contributed by atoms with Gasteiger partial charge in [0.1, 0.15) is 20.2 Å². The Morgan fingerprint density at radius 1 is 0.788 bits per heavy atom. The Morgan fingerprint density at radius 3 is 1.88 bits per heavy atom. The molecule has 1 aromatic heterocycles. The topological polar surface area (TPSA) is 304 Å². The van der Waals surface area contributed by atoms with Crippen LogP contribution < -0.4 is 70.1 Å². The molecule has 0 spiro atoms. The number of fused-ring (bicyclic) bond motifs is 2. The van der Waals surface area contributed by atoms with Crippen LogP contribution in [0.3, 0.4) is 0 Å². The number of ketones is 2. The van der Waals surface area contributed by atoms with Gasteiger partial charge in [-0.25, -0.2) is 16.8 Å². The molecule has 0 saturated carbocycles. The number of hydrogen-bond acceptors (Lipinski definition) is 17. The first kappa shape index (κ1) is 43.2. The fourth-order valence-electron chi connectivity index (χ4n) is 4.95. The number of carbonyl (C=O) groups is 2. The smallest absolute Gasteiger partial charge is 0.744 e. The average molecular weight is 796 g/mol. The number of aromatic nitrogens is 3. The number of nitrogens with zero attached hydrogens (tertiary/aromatic N) is 3. The third-order valence-electron chi connectivity index (χ3n) is 7.32. The second-order valence-corrected chi connectivity index (χ2v) is 16.0. The molecule has 1 heterocycles. The van der Waals surface area contributed by atoms with Gasteiger partial charge in [0.25, 0.3) is 10.1 Å². The predicted molar refractivity (Wildman–Crippen MR) is 175 cm³/mol. The minimum absolute atomic E-state index is 0. The number of hydrogen-bond donors (Lipinski definition) is 5. The molecule has 0 saturated heterocycles. The van der Waals surface area contributed by atoms with Crippen LogP contribution in [-0.4, -0.2) is 78.5 Å². The maximum Gasteiger partial charge on any atom is 1.00 e. The van der Waals surface area contributed by atoms with E-state index in [1.54, 1.807) is 19.9 Å². The zero-order valence-corrected chi connectivity index (χ0v) is 32.8. The number of carbonyl (C=O) groups excluding carboxylic acids is 2. The van der Waals surface area contributed by atoms with E-state index in [1.165, 1.54) is 18.2 Å². The fraction of sp³-hybridized carbons (Fsp3) is 0.179. The fourth-order valence-corrected chi connectivity index (χ4v) is 6.86. The summed E-state index contributed by atoms with van der Waals surface area (Å²) in [4.78, 5) is 36.2. The molecule has 52 heavy (non-hydrogen) atoms. The number of rotatable bonds is 11. The molecule has 0 aliphatic heterocycles. The van der Waals surface area contributed by atoms with Crippen molar-refractivity contribution in [3.8, 4) is 0 Å². The first-order valence-electron chi connectivity index (χ1n) is 13.9. The Balaban J connectivity index is 0.00000364. The summed E-state index contributed by atoms with van der Waals surface area (Å²) < 4.78 is 104. The van der Waals surface area contributed by atoms with Gasteiger partial charge in [-0.15, -0.1) is 0 Å². The van der Waals surface area contributed by atoms with Crippen molar-refractivity contribution in [3.05, 3.63) is 76.1 Å². The van der Waals surface area contributed by atoms with Gasteiger partial charge < -0.3 is 30.8 Å². The van der Waals surface area contributed by atoms with Crippen LogP contribution in [0.4, 0.5) is 29.0 Å². The Morgan fingerprint density at radius 2 is 1.33 bits per heavy atom. The van der Waals surface area contributed by atoms with E-state index in [4.69, 9.17) is 17.3 Å². The number of nitrogen functional groups attached to an aromatic ring is 1. The number of halogens is 1. The molecule has 1 aliphatic carbocycles. The molecule has 24 heteroatoms. The molecule has 3 aromatic carbocycles. The molecule has 5 rings (SSSR count). The minimum atomic E-state index is -5.18. The Kier molecular flexibility index (Phi) is 13.0. The monoisotopic (exact) mass is 795 g/mol. The molecule has 1 aliphatic rings. The standard InChI is InChI=1S/C28H26ClN7O11S3.Li.Na/c1-28(2,11-31-17-10-19(50(45,46)47)22(30)21-20(17)23(37)14-5-3-4-6-15(14)24(21)38)12-32-26-34-25(29)35-27(36-26)33-16-9-13(48(39,40)41)7-8-18(16)49(42,43)44;;/h3-10,31H,11-12,30H2,1-2H3,(H,39,40,41)(H,42,43,44)(H,45,46,47)(H2,32,33,34,35,36);;/q;2*+1/p-2. The molecule has 18 nitrogen and oxygen atoms in total. The van der Waals surface area contributed by atoms with Crippen molar-refractivity contribution in [2.24, 2.45) is 5.41 Å². The first-order chi connectivity index (χ1) is 23.1. The average Bonchev–Trinajstić information content (AvgIpc) is 3.00. The summed E-state index contributed by atoms with van der Waals surface area (Å²) in [6, 6.07) is 8.83. The van der Waals surface area contributed by atoms with Crippen molar-refractivity contribution < 1.29 is 96.9 Å². The summed E-state index contributed by atoms with van der Waals surface area (Å²) >= 11 is 6.02. The molecule has 0 atom stereocenters. The summed E-state index contributed by atoms with van der Waals surface area (Å²) in [5.74, 6) is -1.96. The van der Waals surface area contributed by atoms with Crippen molar-refractivity contribution in [3.63, 3.8) is 0 Å². The van der Waals surface area contributed by atoms with Gasteiger partial charge in [0.2, 0.25) is 17.2 Å². The number of benzene rings is 3. The van der Waals surface area contributed by atoms with E-state index in [-0.39, 0.29) is 89.8 Å². The van der Waals surface area contributed by atoms with E-state index >= 15 is 0 Å². The van der Waals surface area contributed by atoms with E-state index in [0.29, 0.717) is 18.2 Å². The molecule has 0 unspecified atom stereocenters. The predicted octanol–water partition coefficient (Wildman–Crippen LogP) is -3.76. The van der Waals surface area contributed by atoms with Gasteiger partial charge in [0.15, 0.2) is 11.6 Å². The van der Waals surface area contributed by atoms with Crippen LogP contribution in [0.5, 0.6) is 0 Å². The second kappa shape index (κ2) is 15.7. The van der Waals surface area contributed by atoms with Gasteiger partial charge in [-0.05, 0) is 41.3 Å². The molecule has 4 aromatic rings. The number of nitrogens with one attached hydrogen (secondary N) is 3. The maximum atomic E-state index is 13.5. The van der Waals surface area contributed by atoms with E-state index in [2.05, 4.69) is 30.9 Å². The maximum absolute atomic E-state index is 13.5. The van der Waals surface area contributed by atoms with Gasteiger partial charge in [-0.2, -0.15) is 23.4 Å².